The minimum Gasteiger partial charge on any atom is -0.497 e. The monoisotopic (exact) mass is 485 g/mol. The van der Waals surface area contributed by atoms with E-state index >= 15 is 0 Å². The largest absolute Gasteiger partial charge is 0.497 e. The smallest absolute Gasteiger partial charge is 0.490 e. The Bertz CT molecular complexity index is 965. The van der Waals surface area contributed by atoms with Gasteiger partial charge in [0.15, 0.2) is 0 Å². The summed E-state index contributed by atoms with van der Waals surface area (Å²) in [6.07, 6.45) is -2.43. The van der Waals surface area contributed by atoms with E-state index in [1.54, 1.807) is 18.4 Å². The second kappa shape index (κ2) is 10.5. The van der Waals surface area contributed by atoms with Crippen LogP contribution in [-0.4, -0.2) is 63.7 Å². The van der Waals surface area contributed by atoms with E-state index in [0.717, 1.165) is 42.4 Å². The summed E-state index contributed by atoms with van der Waals surface area (Å²) in [6.45, 7) is 4.64. The number of rotatable bonds is 5. The van der Waals surface area contributed by atoms with E-state index in [2.05, 4.69) is 32.3 Å². The van der Waals surface area contributed by atoms with E-state index in [-0.39, 0.29) is 5.91 Å². The van der Waals surface area contributed by atoms with Gasteiger partial charge in [0.1, 0.15) is 5.75 Å². The van der Waals surface area contributed by atoms with Crippen molar-refractivity contribution in [1.29, 1.82) is 0 Å². The molecule has 2 aliphatic rings. The molecule has 1 aromatic carbocycles. The van der Waals surface area contributed by atoms with Crippen LogP contribution in [0.3, 0.4) is 0 Å². The van der Waals surface area contributed by atoms with Gasteiger partial charge in [0.05, 0.1) is 24.4 Å². The maximum absolute atomic E-state index is 12.6. The first kappa shape index (κ1) is 25.0. The number of methoxy groups -OCH3 is 1. The molecule has 3 heterocycles. The maximum Gasteiger partial charge on any atom is 0.490 e. The van der Waals surface area contributed by atoms with Crippen LogP contribution in [0, 0.1) is 6.92 Å². The molecule has 0 unspecified atom stereocenters. The van der Waals surface area contributed by atoms with Crippen LogP contribution in [0.25, 0.3) is 0 Å². The second-order valence-electron chi connectivity index (χ2n) is 7.96. The summed E-state index contributed by atoms with van der Waals surface area (Å²) in [5, 5.41) is 10.3. The lowest BCUT2D eigenvalue weighted by Crippen LogP contribution is -2.51. The number of carbonyl (C=O) groups is 2. The average molecular weight is 486 g/mol. The quantitative estimate of drug-likeness (QED) is 0.693. The Hall–Kier alpha value is -2.66. The normalized spacial score (nSPS) is 20.8. The van der Waals surface area contributed by atoms with Crippen LogP contribution < -0.4 is 4.74 Å². The number of benzene rings is 1. The molecule has 1 aromatic heterocycles. The number of halogens is 3. The fraction of sp³-hybridized carbons (Fsp3) is 0.500. The third-order valence-corrected chi connectivity index (χ3v) is 6.61. The van der Waals surface area contributed by atoms with Gasteiger partial charge in [0, 0.05) is 37.0 Å². The highest BCUT2D eigenvalue weighted by molar-refractivity contribution is 7.09. The first-order valence-electron chi connectivity index (χ1n) is 10.5. The van der Waals surface area contributed by atoms with E-state index in [1.807, 2.05) is 19.1 Å². The standard InChI is InChI=1S/C20H25N3O2S.C2HF3O2/c1-14-21-16(13-26-14)12-23-19-9-10-22(18(19)7-8-20(23)24)11-15-3-5-17(25-2)6-4-15;3-2(4,5)1(6)7/h3-6,13,18-19H,7-12H2,1-2H3;(H,6,7)/t18-,19-;/m1./s1. The molecule has 0 bridgehead atoms. The Kier molecular flexibility index (Phi) is 7.96. The number of amides is 1. The molecule has 33 heavy (non-hydrogen) atoms. The summed E-state index contributed by atoms with van der Waals surface area (Å²) >= 11 is 1.66. The lowest BCUT2D eigenvalue weighted by Gasteiger charge is -2.39. The zero-order chi connectivity index (χ0) is 24.2. The van der Waals surface area contributed by atoms with Gasteiger partial charge in [-0.15, -0.1) is 11.3 Å². The SMILES string of the molecule is COc1ccc(CN2CC[C@@H]3[C@H]2CCC(=O)N3Cc2csc(C)n2)cc1.O=C(O)C(F)(F)F. The summed E-state index contributed by atoms with van der Waals surface area (Å²) in [6, 6.07) is 9.08. The lowest BCUT2D eigenvalue weighted by atomic mass is 9.96. The molecule has 0 spiro atoms. The third kappa shape index (κ3) is 6.44. The molecular weight excluding hydrogens is 459 g/mol. The topological polar surface area (TPSA) is 83.0 Å². The number of aliphatic carboxylic acids is 1. The van der Waals surface area contributed by atoms with Crippen molar-refractivity contribution in [1.82, 2.24) is 14.8 Å². The van der Waals surface area contributed by atoms with Crippen LogP contribution >= 0.6 is 11.3 Å². The number of fused-ring (bicyclic) bond motifs is 1. The van der Waals surface area contributed by atoms with Crippen LogP contribution in [0.2, 0.25) is 0 Å². The highest BCUT2D eigenvalue weighted by Crippen LogP contribution is 2.33. The zero-order valence-electron chi connectivity index (χ0n) is 18.3. The van der Waals surface area contributed by atoms with Crippen molar-refractivity contribution >= 4 is 23.2 Å². The Labute approximate surface area is 193 Å². The number of alkyl halides is 3. The molecule has 1 amide bonds. The number of nitrogens with zero attached hydrogens (tertiary/aromatic N) is 3. The van der Waals surface area contributed by atoms with Gasteiger partial charge in [0.2, 0.25) is 5.91 Å². The number of thiazole rings is 1. The predicted molar refractivity (Wildman–Crippen MR) is 116 cm³/mol. The Morgan fingerprint density at radius 3 is 2.42 bits per heavy atom. The summed E-state index contributed by atoms with van der Waals surface area (Å²) in [4.78, 5) is 30.6. The minimum atomic E-state index is -5.08. The molecule has 2 saturated heterocycles. The van der Waals surface area contributed by atoms with Gasteiger partial charge in [-0.3, -0.25) is 9.69 Å². The van der Waals surface area contributed by atoms with Gasteiger partial charge >= 0.3 is 12.1 Å². The number of aromatic nitrogens is 1. The Morgan fingerprint density at radius 2 is 1.88 bits per heavy atom. The molecule has 0 radical (unpaired) electrons. The van der Waals surface area contributed by atoms with Crippen LogP contribution in [0.5, 0.6) is 5.75 Å². The Morgan fingerprint density at radius 1 is 1.21 bits per heavy atom. The number of piperidine rings is 1. The zero-order valence-corrected chi connectivity index (χ0v) is 19.2. The van der Waals surface area contributed by atoms with E-state index in [4.69, 9.17) is 14.6 Å². The van der Waals surface area contributed by atoms with Gasteiger partial charge in [-0.1, -0.05) is 12.1 Å². The molecule has 180 valence electrons. The number of ether oxygens (including phenoxy) is 1. The van der Waals surface area contributed by atoms with Gasteiger partial charge in [0.25, 0.3) is 0 Å². The first-order chi connectivity index (χ1) is 15.6. The summed E-state index contributed by atoms with van der Waals surface area (Å²) in [5.74, 6) is -1.59. The maximum atomic E-state index is 12.6. The molecule has 2 atom stereocenters. The van der Waals surface area contributed by atoms with Crippen LogP contribution in [0.1, 0.15) is 35.5 Å². The number of hydrogen-bond acceptors (Lipinski definition) is 6. The third-order valence-electron chi connectivity index (χ3n) is 5.79. The fourth-order valence-electron chi connectivity index (χ4n) is 4.26. The summed E-state index contributed by atoms with van der Waals surface area (Å²) in [5.41, 5.74) is 2.32. The highest BCUT2D eigenvalue weighted by Gasteiger charge is 2.43. The molecule has 2 fully saturated rings. The lowest BCUT2D eigenvalue weighted by molar-refractivity contribution is -0.192. The van der Waals surface area contributed by atoms with Crippen molar-refractivity contribution in [2.45, 2.75) is 57.5 Å². The number of likely N-dealkylation sites (tertiary alicyclic amines) is 2. The molecule has 7 nitrogen and oxygen atoms in total. The van der Waals surface area contributed by atoms with Crippen molar-refractivity contribution in [3.63, 3.8) is 0 Å². The molecule has 2 aliphatic heterocycles. The van der Waals surface area contributed by atoms with Crippen molar-refractivity contribution in [2.24, 2.45) is 0 Å². The molecular formula is C22H26F3N3O4S. The van der Waals surface area contributed by atoms with Gasteiger partial charge in [-0.05, 0) is 37.5 Å². The van der Waals surface area contributed by atoms with E-state index in [1.165, 1.54) is 5.56 Å². The molecule has 4 rings (SSSR count). The summed E-state index contributed by atoms with van der Waals surface area (Å²) in [7, 11) is 1.69. The number of aryl methyl sites for hydroxylation is 1. The van der Waals surface area contributed by atoms with Crippen LogP contribution in [0.4, 0.5) is 13.2 Å². The second-order valence-corrected chi connectivity index (χ2v) is 9.03. The molecule has 0 saturated carbocycles. The van der Waals surface area contributed by atoms with Gasteiger partial charge in [-0.25, -0.2) is 9.78 Å². The molecule has 1 N–H and O–H groups in total. The van der Waals surface area contributed by atoms with Crippen LogP contribution in [-0.2, 0) is 22.7 Å². The highest BCUT2D eigenvalue weighted by atomic mass is 32.1. The van der Waals surface area contributed by atoms with Crippen molar-refractivity contribution in [2.75, 3.05) is 13.7 Å². The number of carbonyl (C=O) groups excluding carboxylic acids is 1. The van der Waals surface area contributed by atoms with Gasteiger partial charge < -0.3 is 14.7 Å². The predicted octanol–water partition coefficient (Wildman–Crippen LogP) is 3.86. The molecule has 2 aromatic rings. The first-order valence-corrected chi connectivity index (χ1v) is 11.3. The minimum absolute atomic E-state index is 0.281. The average Bonchev–Trinajstić information content (AvgIpc) is 3.36. The summed E-state index contributed by atoms with van der Waals surface area (Å²) < 4.78 is 37.0. The Balaban J connectivity index is 0.000000383. The van der Waals surface area contributed by atoms with Crippen LogP contribution in [0.15, 0.2) is 29.6 Å². The number of carboxylic acids is 1. The number of hydrogen-bond donors (Lipinski definition) is 1. The van der Waals surface area contributed by atoms with Gasteiger partial charge in [-0.2, -0.15) is 13.2 Å². The van der Waals surface area contributed by atoms with Crippen molar-refractivity contribution in [3.8, 4) is 5.75 Å². The molecule has 11 heteroatoms. The van der Waals surface area contributed by atoms with E-state index < -0.39 is 12.1 Å². The van der Waals surface area contributed by atoms with Crippen molar-refractivity contribution in [3.05, 3.63) is 45.9 Å². The number of carboxylic acid groups (broad SMARTS) is 1. The van der Waals surface area contributed by atoms with Crippen molar-refractivity contribution < 1.29 is 32.6 Å². The van der Waals surface area contributed by atoms with E-state index in [9.17, 15) is 18.0 Å². The van der Waals surface area contributed by atoms with E-state index in [0.29, 0.717) is 25.0 Å². The fourth-order valence-corrected chi connectivity index (χ4v) is 4.86. The molecule has 0 aliphatic carbocycles.